The third-order valence-corrected chi connectivity index (χ3v) is 2.66. The van der Waals surface area contributed by atoms with Crippen molar-refractivity contribution in [2.45, 2.75) is 0 Å². The zero-order valence-electron chi connectivity index (χ0n) is 9.35. The minimum Gasteiger partial charge on any atom is -0.497 e. The molecule has 1 aliphatic rings. The standard InChI is InChI=1S/C12H15N2O2/c1-16-11-4-2-3-10(9-11)12(15)14-7-5-13-6-8-14/h2-4,9H,5-8H2,1H3. The van der Waals surface area contributed by atoms with Crippen LogP contribution < -0.4 is 10.1 Å². The van der Waals surface area contributed by atoms with Gasteiger partial charge < -0.3 is 9.64 Å². The molecule has 0 bridgehead atoms. The number of piperazine rings is 1. The molecule has 1 fully saturated rings. The summed E-state index contributed by atoms with van der Waals surface area (Å²) in [7, 11) is 1.60. The van der Waals surface area contributed by atoms with E-state index in [0.717, 1.165) is 26.2 Å². The molecule has 85 valence electrons. The number of nitrogens with zero attached hydrogens (tertiary/aromatic N) is 2. The summed E-state index contributed by atoms with van der Waals surface area (Å²) in [5.41, 5.74) is 0.682. The van der Waals surface area contributed by atoms with Crippen LogP contribution in [0.25, 0.3) is 0 Å². The first-order valence-electron chi connectivity index (χ1n) is 5.38. The molecule has 0 spiro atoms. The van der Waals surface area contributed by atoms with E-state index >= 15 is 0 Å². The van der Waals surface area contributed by atoms with Crippen molar-refractivity contribution in [3.63, 3.8) is 0 Å². The average molecular weight is 219 g/mol. The third-order valence-electron chi connectivity index (χ3n) is 2.66. The second kappa shape index (κ2) is 4.99. The quantitative estimate of drug-likeness (QED) is 0.737. The lowest BCUT2D eigenvalue weighted by atomic mass is 10.2. The maximum atomic E-state index is 12.1. The van der Waals surface area contributed by atoms with Crippen LogP contribution in [-0.4, -0.2) is 44.1 Å². The molecule has 0 N–H and O–H groups in total. The summed E-state index contributed by atoms with van der Waals surface area (Å²) in [6, 6.07) is 7.26. The van der Waals surface area contributed by atoms with Crippen molar-refractivity contribution < 1.29 is 9.53 Å². The van der Waals surface area contributed by atoms with Gasteiger partial charge in [0.2, 0.25) is 0 Å². The first kappa shape index (κ1) is 11.0. The molecular formula is C12H15N2O2. The van der Waals surface area contributed by atoms with Crippen LogP contribution in [0.5, 0.6) is 5.75 Å². The van der Waals surface area contributed by atoms with Gasteiger partial charge in [0.15, 0.2) is 0 Å². The number of carbonyl (C=O) groups excluding carboxylic acids is 1. The fourth-order valence-corrected chi connectivity index (χ4v) is 1.75. The summed E-state index contributed by atoms with van der Waals surface area (Å²) in [6.07, 6.45) is 0. The van der Waals surface area contributed by atoms with Crippen LogP contribution in [0.15, 0.2) is 24.3 Å². The molecule has 0 aromatic heterocycles. The third kappa shape index (κ3) is 2.33. The highest BCUT2D eigenvalue weighted by Gasteiger charge is 2.18. The van der Waals surface area contributed by atoms with Crippen molar-refractivity contribution in [2.75, 3.05) is 33.3 Å². The number of benzene rings is 1. The van der Waals surface area contributed by atoms with Crippen molar-refractivity contribution in [1.29, 1.82) is 0 Å². The topological polar surface area (TPSA) is 43.6 Å². The molecule has 0 aliphatic carbocycles. The highest BCUT2D eigenvalue weighted by Crippen LogP contribution is 2.14. The van der Waals surface area contributed by atoms with Crippen molar-refractivity contribution in [3.05, 3.63) is 29.8 Å². The molecule has 1 saturated heterocycles. The fraction of sp³-hybridized carbons (Fsp3) is 0.417. The molecule has 4 nitrogen and oxygen atoms in total. The summed E-state index contributed by atoms with van der Waals surface area (Å²) >= 11 is 0. The van der Waals surface area contributed by atoms with Gasteiger partial charge in [0.05, 0.1) is 7.11 Å². The number of methoxy groups -OCH3 is 1. The molecule has 1 aromatic rings. The summed E-state index contributed by atoms with van der Waals surface area (Å²) in [5, 5.41) is 4.22. The Hall–Kier alpha value is -1.55. The van der Waals surface area contributed by atoms with Crippen LogP contribution in [0.1, 0.15) is 10.4 Å². The van der Waals surface area contributed by atoms with Gasteiger partial charge in [-0.2, -0.15) is 0 Å². The minimum atomic E-state index is 0.0637. The Morgan fingerprint density at radius 3 is 2.81 bits per heavy atom. The van der Waals surface area contributed by atoms with Gasteiger partial charge in [-0.25, -0.2) is 5.32 Å². The van der Waals surface area contributed by atoms with Crippen LogP contribution in [-0.2, 0) is 0 Å². The number of hydrogen-bond donors (Lipinski definition) is 0. The Morgan fingerprint density at radius 1 is 1.38 bits per heavy atom. The molecule has 1 amide bonds. The molecule has 1 heterocycles. The molecule has 0 saturated carbocycles. The predicted octanol–water partition coefficient (Wildman–Crippen LogP) is 0.755. The van der Waals surface area contributed by atoms with Crippen molar-refractivity contribution in [3.8, 4) is 5.75 Å². The molecule has 1 radical (unpaired) electrons. The van der Waals surface area contributed by atoms with E-state index in [9.17, 15) is 4.79 Å². The van der Waals surface area contributed by atoms with Crippen molar-refractivity contribution in [2.24, 2.45) is 0 Å². The van der Waals surface area contributed by atoms with Gasteiger partial charge in [-0.1, -0.05) is 6.07 Å². The Labute approximate surface area is 95.2 Å². The Balaban J connectivity index is 2.12. The molecule has 2 rings (SSSR count). The SMILES string of the molecule is COc1cccc(C(=O)N2CC[N]CC2)c1. The predicted molar refractivity (Wildman–Crippen MR) is 60.8 cm³/mol. The average Bonchev–Trinajstić information content (AvgIpc) is 2.39. The van der Waals surface area contributed by atoms with E-state index in [2.05, 4.69) is 5.32 Å². The number of amides is 1. The van der Waals surface area contributed by atoms with E-state index in [1.54, 1.807) is 13.2 Å². The van der Waals surface area contributed by atoms with Crippen LogP contribution in [0.2, 0.25) is 0 Å². The van der Waals surface area contributed by atoms with Gasteiger partial charge >= 0.3 is 0 Å². The highest BCUT2D eigenvalue weighted by atomic mass is 16.5. The zero-order valence-corrected chi connectivity index (χ0v) is 9.35. The lowest BCUT2D eigenvalue weighted by Crippen LogP contribution is -2.43. The molecule has 4 heteroatoms. The molecule has 16 heavy (non-hydrogen) atoms. The van der Waals surface area contributed by atoms with Crippen LogP contribution >= 0.6 is 0 Å². The second-order valence-electron chi connectivity index (χ2n) is 3.69. The van der Waals surface area contributed by atoms with E-state index < -0.39 is 0 Å². The van der Waals surface area contributed by atoms with Crippen LogP contribution in [0.4, 0.5) is 0 Å². The molecule has 1 aliphatic heterocycles. The van der Waals surface area contributed by atoms with E-state index in [-0.39, 0.29) is 5.91 Å². The van der Waals surface area contributed by atoms with E-state index in [1.807, 2.05) is 23.1 Å². The summed E-state index contributed by atoms with van der Waals surface area (Å²) in [5.74, 6) is 0.779. The van der Waals surface area contributed by atoms with Gasteiger partial charge in [0, 0.05) is 31.7 Å². The van der Waals surface area contributed by atoms with Crippen molar-refractivity contribution >= 4 is 5.91 Å². The fourth-order valence-electron chi connectivity index (χ4n) is 1.75. The lowest BCUT2D eigenvalue weighted by Gasteiger charge is -2.26. The Kier molecular flexibility index (Phi) is 3.41. The molecule has 1 aromatic carbocycles. The van der Waals surface area contributed by atoms with Gasteiger partial charge in [0.1, 0.15) is 5.75 Å². The largest absolute Gasteiger partial charge is 0.497 e. The Bertz CT molecular complexity index is 373. The molecular weight excluding hydrogens is 204 g/mol. The van der Waals surface area contributed by atoms with Gasteiger partial charge in [0.25, 0.3) is 5.91 Å². The Morgan fingerprint density at radius 2 is 2.12 bits per heavy atom. The van der Waals surface area contributed by atoms with E-state index in [1.165, 1.54) is 0 Å². The van der Waals surface area contributed by atoms with E-state index in [0.29, 0.717) is 11.3 Å². The number of ether oxygens (including phenoxy) is 1. The lowest BCUT2D eigenvalue weighted by molar-refractivity contribution is 0.0734. The van der Waals surface area contributed by atoms with Crippen LogP contribution in [0, 0.1) is 0 Å². The maximum Gasteiger partial charge on any atom is 0.254 e. The first-order valence-corrected chi connectivity index (χ1v) is 5.38. The second-order valence-corrected chi connectivity index (χ2v) is 3.69. The van der Waals surface area contributed by atoms with Crippen molar-refractivity contribution in [1.82, 2.24) is 10.2 Å². The van der Waals surface area contributed by atoms with Gasteiger partial charge in [-0.05, 0) is 18.2 Å². The zero-order chi connectivity index (χ0) is 11.4. The summed E-state index contributed by atoms with van der Waals surface area (Å²) in [4.78, 5) is 13.9. The number of rotatable bonds is 2. The van der Waals surface area contributed by atoms with Gasteiger partial charge in [-0.3, -0.25) is 4.79 Å². The summed E-state index contributed by atoms with van der Waals surface area (Å²) < 4.78 is 5.10. The monoisotopic (exact) mass is 219 g/mol. The normalized spacial score (nSPS) is 15.9. The van der Waals surface area contributed by atoms with E-state index in [4.69, 9.17) is 4.74 Å². The highest BCUT2D eigenvalue weighted by molar-refractivity contribution is 5.94. The van der Waals surface area contributed by atoms with Crippen LogP contribution in [0.3, 0.4) is 0 Å². The van der Waals surface area contributed by atoms with Gasteiger partial charge in [-0.15, -0.1) is 0 Å². The molecule has 0 atom stereocenters. The molecule has 0 unspecified atom stereocenters. The number of hydrogen-bond acceptors (Lipinski definition) is 2. The first-order chi connectivity index (χ1) is 7.81. The minimum absolute atomic E-state index is 0.0637. The maximum absolute atomic E-state index is 12.1. The number of carbonyl (C=O) groups is 1. The smallest absolute Gasteiger partial charge is 0.254 e. The summed E-state index contributed by atoms with van der Waals surface area (Å²) in [6.45, 7) is 2.93.